The Labute approximate surface area is 300 Å². The van der Waals surface area contributed by atoms with Gasteiger partial charge in [0.2, 0.25) is 0 Å². The molecular weight excluding hydrogens is 641 g/mol. The second-order valence-corrected chi connectivity index (χ2v) is 16.1. The van der Waals surface area contributed by atoms with Crippen LogP contribution >= 0.6 is 11.6 Å². The largest absolute Gasteiger partial charge is 0.678 e. The van der Waals surface area contributed by atoms with Crippen molar-refractivity contribution in [2.45, 2.75) is 72.1 Å². The molecule has 1 aromatic heterocycles. The zero-order valence-corrected chi connectivity index (χ0v) is 30.6. The minimum Gasteiger partial charge on any atom is -0.324 e. The summed E-state index contributed by atoms with van der Waals surface area (Å²) in [4.78, 5) is 5.32. The van der Waals surface area contributed by atoms with E-state index in [9.17, 15) is 0 Å². The van der Waals surface area contributed by atoms with E-state index in [0.29, 0.717) is 40.5 Å². The van der Waals surface area contributed by atoms with Gasteiger partial charge in [0.25, 0.3) is 0 Å². The van der Waals surface area contributed by atoms with Gasteiger partial charge < -0.3 is 4.48 Å². The molecule has 252 valence electrons. The normalized spacial score (nSPS) is 15.8. The van der Waals surface area contributed by atoms with Crippen molar-refractivity contribution >= 4 is 30.3 Å². The number of nitrogens with zero attached hydrogens (tertiary/aromatic N) is 2. The van der Waals surface area contributed by atoms with Gasteiger partial charge in [-0.15, -0.1) is 0 Å². The lowest BCUT2D eigenvalue weighted by Crippen LogP contribution is -2.21. The first-order valence-electron chi connectivity index (χ1n) is 17.3. The molecule has 2 aliphatic rings. The molecule has 7 rings (SSSR count). The molecule has 0 saturated carbocycles. The summed E-state index contributed by atoms with van der Waals surface area (Å²) in [6.45, 7) is 15.1. The number of aliphatic imine (C=N–C) groups is 1. The molecule has 6 heteroatoms. The molecule has 4 aromatic carbocycles. The van der Waals surface area contributed by atoms with Crippen molar-refractivity contribution in [2.24, 2.45) is 4.99 Å². The van der Waals surface area contributed by atoms with Crippen molar-refractivity contribution in [3.63, 3.8) is 0 Å². The minimum atomic E-state index is -2.78. The molecule has 1 aliphatic heterocycles. The molecule has 0 N–H and O–H groups in total. The smallest absolute Gasteiger partial charge is 0.324 e. The van der Waals surface area contributed by atoms with Crippen molar-refractivity contribution < 1.29 is 8.63 Å². The standard InChI is InChI=1S/C44H42BClF2N2/c1-27-21-31-24-33-26-38(30-15-19-35(20-16-30)44(5,6)7)50(45(47)48)42(33)40(39(31)36(46)22-27)41-32(23-28-11-9-8-10-12-28)25-37(49-41)29-13-17-34(18-14-29)43(2,3)4/h8-22,25-26H,23-24H2,1-7H3/b41-40-. The van der Waals surface area contributed by atoms with Crippen LogP contribution in [0.3, 0.4) is 0 Å². The Balaban J connectivity index is 1.50. The number of hydrogen-bond donors (Lipinski definition) is 0. The molecule has 0 atom stereocenters. The molecule has 0 fully saturated rings. The number of halogens is 3. The highest BCUT2D eigenvalue weighted by Crippen LogP contribution is 2.48. The number of rotatable bonds is 5. The molecule has 50 heavy (non-hydrogen) atoms. The van der Waals surface area contributed by atoms with Gasteiger partial charge in [-0.05, 0) is 86.9 Å². The monoisotopic (exact) mass is 682 g/mol. The molecular formula is C44H42BClF2N2. The van der Waals surface area contributed by atoms with Crippen LogP contribution in [-0.2, 0) is 23.7 Å². The molecule has 1 aliphatic carbocycles. The fraction of sp³-hybridized carbons (Fsp3) is 0.250. The van der Waals surface area contributed by atoms with E-state index in [4.69, 9.17) is 16.6 Å². The maximum atomic E-state index is 15.6. The number of fused-ring (bicyclic) bond motifs is 2. The first-order chi connectivity index (χ1) is 23.7. The zero-order valence-electron chi connectivity index (χ0n) is 29.8. The summed E-state index contributed by atoms with van der Waals surface area (Å²) < 4.78 is 32.4. The Morgan fingerprint density at radius 2 is 1.36 bits per heavy atom. The molecule has 0 spiro atoms. The third-order valence-electron chi connectivity index (χ3n) is 9.91. The fourth-order valence-electron chi connectivity index (χ4n) is 7.26. The van der Waals surface area contributed by atoms with Gasteiger partial charge in [-0.3, -0.25) is 8.63 Å². The topological polar surface area (TPSA) is 17.3 Å². The van der Waals surface area contributed by atoms with E-state index in [0.717, 1.165) is 55.8 Å². The van der Waals surface area contributed by atoms with Gasteiger partial charge in [-0.2, -0.15) is 0 Å². The summed E-state index contributed by atoms with van der Waals surface area (Å²) in [6, 6.07) is 32.8. The van der Waals surface area contributed by atoms with Crippen LogP contribution in [0.1, 0.15) is 91.7 Å². The van der Waals surface area contributed by atoms with Gasteiger partial charge >= 0.3 is 7.40 Å². The van der Waals surface area contributed by atoms with Crippen LogP contribution in [0.2, 0.25) is 5.02 Å². The first kappa shape index (κ1) is 34.0. The highest BCUT2D eigenvalue weighted by atomic mass is 35.5. The molecule has 2 heterocycles. The van der Waals surface area contributed by atoms with Crippen LogP contribution in [0.5, 0.6) is 0 Å². The Bertz CT molecular complexity index is 2190. The quantitative estimate of drug-likeness (QED) is 0.161. The summed E-state index contributed by atoms with van der Waals surface area (Å²) in [7, 11) is -2.78. The number of benzene rings is 4. The van der Waals surface area contributed by atoms with Gasteiger partial charge in [0.1, 0.15) is 0 Å². The fourth-order valence-corrected chi connectivity index (χ4v) is 7.65. The van der Waals surface area contributed by atoms with Crippen LogP contribution in [0.25, 0.3) is 16.8 Å². The van der Waals surface area contributed by atoms with Crippen LogP contribution in [0.4, 0.5) is 8.63 Å². The van der Waals surface area contributed by atoms with Crippen LogP contribution in [-0.4, -0.2) is 17.6 Å². The van der Waals surface area contributed by atoms with Gasteiger partial charge in [-0.1, -0.05) is 138 Å². The average Bonchev–Trinajstić information content (AvgIpc) is 3.65. The Morgan fingerprint density at radius 3 is 1.94 bits per heavy atom. The Kier molecular flexibility index (Phi) is 8.63. The third kappa shape index (κ3) is 6.33. The summed E-state index contributed by atoms with van der Waals surface area (Å²) in [6.07, 6.45) is 3.22. The second kappa shape index (κ2) is 12.7. The van der Waals surface area contributed by atoms with E-state index < -0.39 is 7.40 Å². The van der Waals surface area contributed by atoms with Crippen molar-refractivity contribution in [1.82, 2.24) is 4.48 Å². The van der Waals surface area contributed by atoms with Gasteiger partial charge in [-0.25, -0.2) is 4.99 Å². The van der Waals surface area contributed by atoms with E-state index >= 15 is 8.63 Å². The molecule has 0 amide bonds. The number of aryl methyl sites for hydroxylation is 1. The lowest BCUT2D eigenvalue weighted by Gasteiger charge is -2.26. The maximum Gasteiger partial charge on any atom is 0.678 e. The first-order valence-corrected chi connectivity index (χ1v) is 17.7. The van der Waals surface area contributed by atoms with E-state index in [1.807, 2.05) is 61.5 Å². The van der Waals surface area contributed by atoms with Crippen LogP contribution < -0.4 is 0 Å². The predicted molar refractivity (Wildman–Crippen MR) is 207 cm³/mol. The molecule has 5 aromatic rings. The lowest BCUT2D eigenvalue weighted by molar-refractivity contribution is 0.590. The van der Waals surface area contributed by atoms with Crippen molar-refractivity contribution in [3.05, 3.63) is 170 Å². The molecule has 0 bridgehead atoms. The summed E-state index contributed by atoms with van der Waals surface area (Å²) in [5.74, 6) is 0. The van der Waals surface area contributed by atoms with Crippen molar-refractivity contribution in [3.8, 4) is 11.3 Å². The molecule has 0 saturated heterocycles. The molecule has 0 unspecified atom stereocenters. The number of aromatic nitrogens is 1. The average molecular weight is 683 g/mol. The van der Waals surface area contributed by atoms with Crippen LogP contribution in [0.15, 0.2) is 119 Å². The van der Waals surface area contributed by atoms with Crippen molar-refractivity contribution in [1.29, 1.82) is 0 Å². The number of hydrogen-bond acceptors (Lipinski definition) is 1. The second-order valence-electron chi connectivity index (χ2n) is 15.7. The summed E-state index contributed by atoms with van der Waals surface area (Å²) in [5.41, 5.74) is 12.9. The zero-order chi connectivity index (χ0) is 35.5. The highest BCUT2D eigenvalue weighted by molar-refractivity contribution is 6.42. The third-order valence-corrected chi connectivity index (χ3v) is 10.2. The number of allylic oxidation sites excluding steroid dienone is 2. The predicted octanol–water partition coefficient (Wildman–Crippen LogP) is 11.8. The SMILES string of the molecule is Cc1cc(Cl)c2c(c1)Cc1cc(-c3ccc(C(C)(C)C)cc3)n(B(F)F)c1/C2=C1\N=C(c2ccc(C(C)(C)C)cc2)C=C1Cc1ccccc1. The van der Waals surface area contributed by atoms with Gasteiger partial charge in [0.05, 0.1) is 11.4 Å². The van der Waals surface area contributed by atoms with E-state index in [2.05, 4.69) is 90.1 Å². The van der Waals surface area contributed by atoms with E-state index in [1.165, 1.54) is 10.0 Å². The van der Waals surface area contributed by atoms with E-state index in [-0.39, 0.29) is 10.8 Å². The molecule has 2 nitrogen and oxygen atoms in total. The van der Waals surface area contributed by atoms with Gasteiger partial charge in [0.15, 0.2) is 0 Å². The van der Waals surface area contributed by atoms with Crippen LogP contribution in [0, 0.1) is 6.92 Å². The van der Waals surface area contributed by atoms with Crippen molar-refractivity contribution in [2.75, 3.05) is 0 Å². The molecule has 0 radical (unpaired) electrons. The van der Waals surface area contributed by atoms with Gasteiger partial charge in [0, 0.05) is 39.5 Å². The Hall–Kier alpha value is -4.48. The summed E-state index contributed by atoms with van der Waals surface area (Å²) in [5, 5.41) is 0.545. The maximum absolute atomic E-state index is 15.6. The Morgan fingerprint density at radius 1 is 0.760 bits per heavy atom. The summed E-state index contributed by atoms with van der Waals surface area (Å²) >= 11 is 7.13. The van der Waals surface area contributed by atoms with E-state index in [1.54, 1.807) is 0 Å². The lowest BCUT2D eigenvalue weighted by atomic mass is 9.82. The highest BCUT2D eigenvalue weighted by Gasteiger charge is 2.37. The minimum absolute atomic E-state index is 0.0139.